The van der Waals surface area contributed by atoms with Crippen molar-refractivity contribution in [3.63, 3.8) is 0 Å². The molecule has 0 heterocycles. The van der Waals surface area contributed by atoms with Gasteiger partial charge in [0.2, 0.25) is 5.11 Å². The number of para-hydroxylation sites is 2. The standard InChI is InChI=1S/C19H22N4O2S/c1-3-24-17-11-7-5-9-15(17)13-20-22-19(26)23-21-14-16-10-6-8-12-18(16)25-4-2/h5-14H,3-4H2,1-2H3,(H2,22,23,26)/b20-13+,21-14+. The highest BCUT2D eigenvalue weighted by Crippen LogP contribution is 2.16. The number of thiocarbonyl (C=S) groups is 1. The molecular weight excluding hydrogens is 348 g/mol. The zero-order valence-electron chi connectivity index (χ0n) is 14.8. The summed E-state index contributed by atoms with van der Waals surface area (Å²) in [7, 11) is 0. The predicted octanol–water partition coefficient (Wildman–Crippen LogP) is 3.32. The molecule has 136 valence electrons. The molecule has 0 unspecified atom stereocenters. The van der Waals surface area contributed by atoms with E-state index in [9.17, 15) is 0 Å². The molecule has 2 rings (SSSR count). The van der Waals surface area contributed by atoms with E-state index >= 15 is 0 Å². The molecule has 2 aromatic carbocycles. The Morgan fingerprint density at radius 2 is 1.27 bits per heavy atom. The summed E-state index contributed by atoms with van der Waals surface area (Å²) in [5, 5.41) is 8.48. The second kappa shape index (κ2) is 10.8. The fourth-order valence-electron chi connectivity index (χ4n) is 2.09. The Bertz CT molecular complexity index is 714. The first-order valence-electron chi connectivity index (χ1n) is 8.30. The van der Waals surface area contributed by atoms with Crippen molar-refractivity contribution in [2.45, 2.75) is 13.8 Å². The topological polar surface area (TPSA) is 67.2 Å². The van der Waals surface area contributed by atoms with Crippen molar-refractivity contribution in [2.24, 2.45) is 10.2 Å². The molecule has 0 aliphatic heterocycles. The zero-order chi connectivity index (χ0) is 18.6. The van der Waals surface area contributed by atoms with E-state index in [1.165, 1.54) is 0 Å². The van der Waals surface area contributed by atoms with E-state index in [0.717, 1.165) is 22.6 Å². The molecule has 2 N–H and O–H groups in total. The van der Waals surface area contributed by atoms with Gasteiger partial charge in [-0.05, 0) is 50.3 Å². The third-order valence-electron chi connectivity index (χ3n) is 3.18. The molecule has 0 amide bonds. The largest absolute Gasteiger partial charge is 0.493 e. The van der Waals surface area contributed by atoms with Gasteiger partial charge in [0, 0.05) is 11.1 Å². The second-order valence-corrected chi connectivity index (χ2v) is 5.42. The summed E-state index contributed by atoms with van der Waals surface area (Å²) < 4.78 is 11.1. The lowest BCUT2D eigenvalue weighted by Crippen LogP contribution is -2.28. The van der Waals surface area contributed by atoms with Gasteiger partial charge in [0.25, 0.3) is 0 Å². The highest BCUT2D eigenvalue weighted by molar-refractivity contribution is 7.80. The average Bonchev–Trinajstić information content (AvgIpc) is 2.65. The van der Waals surface area contributed by atoms with E-state index < -0.39 is 0 Å². The molecule has 0 spiro atoms. The molecule has 2 aromatic rings. The zero-order valence-corrected chi connectivity index (χ0v) is 15.6. The van der Waals surface area contributed by atoms with Crippen LogP contribution in [0.15, 0.2) is 58.7 Å². The van der Waals surface area contributed by atoms with Crippen LogP contribution in [0, 0.1) is 0 Å². The van der Waals surface area contributed by atoms with Crippen LogP contribution >= 0.6 is 12.2 Å². The number of ether oxygens (including phenoxy) is 2. The molecule has 0 fully saturated rings. The fraction of sp³-hybridized carbons (Fsp3) is 0.211. The maximum atomic E-state index is 5.54. The lowest BCUT2D eigenvalue weighted by molar-refractivity contribution is 0.339. The van der Waals surface area contributed by atoms with Crippen molar-refractivity contribution in [3.8, 4) is 11.5 Å². The van der Waals surface area contributed by atoms with Crippen LogP contribution in [0.4, 0.5) is 0 Å². The fourth-order valence-corrected chi connectivity index (χ4v) is 2.20. The first-order valence-corrected chi connectivity index (χ1v) is 8.71. The Morgan fingerprint density at radius 1 is 0.846 bits per heavy atom. The minimum absolute atomic E-state index is 0.278. The lowest BCUT2D eigenvalue weighted by atomic mass is 10.2. The molecule has 0 radical (unpaired) electrons. The molecule has 0 aromatic heterocycles. The number of nitrogens with one attached hydrogen (secondary N) is 2. The number of hydrazone groups is 2. The van der Waals surface area contributed by atoms with Crippen LogP contribution < -0.4 is 20.3 Å². The quantitative estimate of drug-likeness (QED) is 0.424. The first kappa shape index (κ1) is 19.4. The molecule has 0 saturated carbocycles. The van der Waals surface area contributed by atoms with Crippen LogP contribution in [0.25, 0.3) is 0 Å². The van der Waals surface area contributed by atoms with Gasteiger partial charge < -0.3 is 9.47 Å². The monoisotopic (exact) mass is 370 g/mol. The van der Waals surface area contributed by atoms with Gasteiger partial charge in [0.1, 0.15) is 11.5 Å². The first-order chi connectivity index (χ1) is 12.7. The molecule has 0 bridgehead atoms. The molecule has 6 nitrogen and oxygen atoms in total. The Hall–Kier alpha value is -2.93. The number of benzene rings is 2. The normalized spacial score (nSPS) is 10.8. The summed E-state index contributed by atoms with van der Waals surface area (Å²) >= 11 is 5.14. The molecular formula is C19H22N4O2S. The maximum Gasteiger partial charge on any atom is 0.207 e. The van der Waals surface area contributed by atoms with Crippen LogP contribution in [-0.4, -0.2) is 30.8 Å². The molecule has 0 aliphatic rings. The van der Waals surface area contributed by atoms with E-state index in [0.29, 0.717) is 13.2 Å². The molecule has 26 heavy (non-hydrogen) atoms. The third kappa shape index (κ3) is 6.18. The summed E-state index contributed by atoms with van der Waals surface area (Å²) in [6, 6.07) is 15.3. The lowest BCUT2D eigenvalue weighted by Gasteiger charge is -2.07. The summed E-state index contributed by atoms with van der Waals surface area (Å²) in [6.07, 6.45) is 3.29. The van der Waals surface area contributed by atoms with E-state index in [1.807, 2.05) is 62.4 Å². The highest BCUT2D eigenvalue weighted by Gasteiger charge is 2.00. The van der Waals surface area contributed by atoms with Gasteiger partial charge in [0.15, 0.2) is 0 Å². The van der Waals surface area contributed by atoms with Gasteiger partial charge in [0.05, 0.1) is 25.6 Å². The van der Waals surface area contributed by atoms with Crippen molar-refractivity contribution >= 4 is 29.8 Å². The summed E-state index contributed by atoms with van der Waals surface area (Å²) in [5.74, 6) is 1.54. The van der Waals surface area contributed by atoms with E-state index in [4.69, 9.17) is 21.7 Å². The van der Waals surface area contributed by atoms with Crippen LogP contribution in [-0.2, 0) is 0 Å². The Balaban J connectivity index is 1.88. The number of nitrogens with zero attached hydrogens (tertiary/aromatic N) is 2. The average molecular weight is 370 g/mol. The van der Waals surface area contributed by atoms with Gasteiger partial charge in [-0.3, -0.25) is 10.9 Å². The third-order valence-corrected chi connectivity index (χ3v) is 3.36. The van der Waals surface area contributed by atoms with Crippen LogP contribution in [0.5, 0.6) is 11.5 Å². The number of hydrogen-bond acceptors (Lipinski definition) is 5. The molecule has 0 saturated heterocycles. The van der Waals surface area contributed by atoms with E-state index in [-0.39, 0.29) is 5.11 Å². The Morgan fingerprint density at radius 3 is 1.69 bits per heavy atom. The number of hydrogen-bond donors (Lipinski definition) is 2. The van der Waals surface area contributed by atoms with Crippen molar-refractivity contribution in [3.05, 3.63) is 59.7 Å². The van der Waals surface area contributed by atoms with Gasteiger partial charge >= 0.3 is 0 Å². The summed E-state index contributed by atoms with van der Waals surface area (Å²) in [6.45, 7) is 5.06. The van der Waals surface area contributed by atoms with Crippen LogP contribution in [0.3, 0.4) is 0 Å². The van der Waals surface area contributed by atoms with Crippen LogP contribution in [0.2, 0.25) is 0 Å². The highest BCUT2D eigenvalue weighted by atomic mass is 32.1. The summed E-state index contributed by atoms with van der Waals surface area (Å²) in [4.78, 5) is 0. The van der Waals surface area contributed by atoms with E-state index in [1.54, 1.807) is 12.4 Å². The molecule has 0 aliphatic carbocycles. The van der Waals surface area contributed by atoms with Crippen molar-refractivity contribution in [1.29, 1.82) is 0 Å². The molecule has 0 atom stereocenters. The minimum Gasteiger partial charge on any atom is -0.493 e. The number of rotatable bonds is 8. The van der Waals surface area contributed by atoms with Crippen molar-refractivity contribution in [1.82, 2.24) is 10.9 Å². The SMILES string of the molecule is CCOc1ccccc1/C=N/NC(=S)N/N=C/c1ccccc1OCC. The Kier molecular flexibility index (Phi) is 8.08. The van der Waals surface area contributed by atoms with Gasteiger partial charge in [-0.2, -0.15) is 10.2 Å². The van der Waals surface area contributed by atoms with Gasteiger partial charge in [-0.15, -0.1) is 0 Å². The van der Waals surface area contributed by atoms with Crippen LogP contribution in [0.1, 0.15) is 25.0 Å². The maximum absolute atomic E-state index is 5.54. The Labute approximate surface area is 158 Å². The minimum atomic E-state index is 0.278. The molecule has 7 heteroatoms. The van der Waals surface area contributed by atoms with E-state index in [2.05, 4.69) is 21.1 Å². The van der Waals surface area contributed by atoms with Crippen molar-refractivity contribution in [2.75, 3.05) is 13.2 Å². The smallest absolute Gasteiger partial charge is 0.207 e. The van der Waals surface area contributed by atoms with Crippen molar-refractivity contribution < 1.29 is 9.47 Å². The summed E-state index contributed by atoms with van der Waals surface area (Å²) in [5.41, 5.74) is 7.15. The second-order valence-electron chi connectivity index (χ2n) is 5.01. The van der Waals surface area contributed by atoms with Gasteiger partial charge in [-0.1, -0.05) is 24.3 Å². The van der Waals surface area contributed by atoms with Gasteiger partial charge in [-0.25, -0.2) is 0 Å². The predicted molar refractivity (Wildman–Crippen MR) is 109 cm³/mol.